The van der Waals surface area contributed by atoms with Crippen LogP contribution in [0.2, 0.25) is 0 Å². The summed E-state index contributed by atoms with van der Waals surface area (Å²) in [5.74, 6) is 1.49. The maximum absolute atomic E-state index is 9.14. The van der Waals surface area contributed by atoms with E-state index in [-0.39, 0.29) is 0 Å². The molecule has 3 N–H and O–H groups in total. The van der Waals surface area contributed by atoms with Gasteiger partial charge in [0.15, 0.2) is 5.16 Å². The van der Waals surface area contributed by atoms with Crippen LogP contribution in [0.4, 0.5) is 11.6 Å². The summed E-state index contributed by atoms with van der Waals surface area (Å²) in [5, 5.41) is 15.8. The predicted octanol–water partition coefficient (Wildman–Crippen LogP) is 1.03. The number of thioether (sulfide) groups is 1. The van der Waals surface area contributed by atoms with Crippen LogP contribution in [-0.2, 0) is 0 Å². The Bertz CT molecular complexity index is 297. The van der Waals surface area contributed by atoms with Crippen LogP contribution in [0.1, 0.15) is 6.92 Å². The largest absolute Gasteiger partial charge is 0.392 e. The molecule has 0 radical (unpaired) electrons. The van der Waals surface area contributed by atoms with Crippen molar-refractivity contribution in [2.75, 3.05) is 30.5 Å². The predicted molar refractivity (Wildman–Crippen MR) is 63.5 cm³/mol. The Balaban J connectivity index is 2.77. The molecule has 5 nitrogen and oxygen atoms in total. The zero-order chi connectivity index (χ0) is 11.3. The minimum Gasteiger partial charge on any atom is -0.392 e. The van der Waals surface area contributed by atoms with Crippen LogP contribution in [-0.4, -0.2) is 41.0 Å². The average Bonchev–Trinajstić information content (AvgIpc) is 2.25. The summed E-state index contributed by atoms with van der Waals surface area (Å²) in [6.07, 6.45) is 1.53. The van der Waals surface area contributed by atoms with Gasteiger partial charge in [-0.25, -0.2) is 9.97 Å². The highest BCUT2D eigenvalue weighted by molar-refractivity contribution is 7.98. The van der Waals surface area contributed by atoms with Gasteiger partial charge in [0, 0.05) is 19.7 Å². The molecule has 6 heteroatoms. The fourth-order valence-electron chi connectivity index (χ4n) is 0.987. The second-order valence-corrected chi connectivity index (χ2v) is 3.88. The van der Waals surface area contributed by atoms with E-state index in [1.807, 2.05) is 19.4 Å². The standard InChI is InChI=1S/C9H16N4OS/c1-6(14)5-11-8-4-7(10-2)12-9(13-8)15-3/h4,6,14H,5H2,1-3H3,(H2,10,11,12,13). The lowest BCUT2D eigenvalue weighted by atomic mass is 10.4. The van der Waals surface area contributed by atoms with Crippen LogP contribution in [0.25, 0.3) is 0 Å². The van der Waals surface area contributed by atoms with E-state index in [2.05, 4.69) is 20.6 Å². The first-order valence-corrected chi connectivity index (χ1v) is 5.91. The third-order valence-electron chi connectivity index (χ3n) is 1.72. The van der Waals surface area contributed by atoms with Crippen molar-refractivity contribution >= 4 is 23.4 Å². The van der Waals surface area contributed by atoms with Crippen molar-refractivity contribution in [2.24, 2.45) is 0 Å². The Morgan fingerprint density at radius 3 is 2.67 bits per heavy atom. The van der Waals surface area contributed by atoms with Crippen molar-refractivity contribution in [3.8, 4) is 0 Å². The van der Waals surface area contributed by atoms with Crippen LogP contribution in [0.15, 0.2) is 11.2 Å². The molecule has 1 aromatic rings. The van der Waals surface area contributed by atoms with Crippen molar-refractivity contribution in [3.63, 3.8) is 0 Å². The summed E-state index contributed by atoms with van der Waals surface area (Å²) in [6.45, 7) is 2.21. The van der Waals surface area contributed by atoms with E-state index >= 15 is 0 Å². The highest BCUT2D eigenvalue weighted by atomic mass is 32.2. The van der Waals surface area contributed by atoms with Gasteiger partial charge in [-0.1, -0.05) is 11.8 Å². The third kappa shape index (κ3) is 3.93. The number of hydrogen-bond acceptors (Lipinski definition) is 6. The van der Waals surface area contributed by atoms with E-state index in [1.165, 1.54) is 11.8 Å². The number of nitrogens with zero attached hydrogens (tertiary/aromatic N) is 2. The van der Waals surface area contributed by atoms with Gasteiger partial charge in [-0.2, -0.15) is 0 Å². The molecule has 0 saturated carbocycles. The first kappa shape index (κ1) is 12.1. The third-order valence-corrected chi connectivity index (χ3v) is 2.27. The zero-order valence-corrected chi connectivity index (χ0v) is 9.93. The number of nitrogens with one attached hydrogen (secondary N) is 2. The van der Waals surface area contributed by atoms with Gasteiger partial charge in [-0.3, -0.25) is 0 Å². The summed E-state index contributed by atoms with van der Waals surface area (Å²) >= 11 is 1.48. The molecule has 0 amide bonds. The van der Waals surface area contributed by atoms with Crippen LogP contribution in [0.5, 0.6) is 0 Å². The van der Waals surface area contributed by atoms with Crippen molar-refractivity contribution in [1.82, 2.24) is 9.97 Å². The molecule has 1 aromatic heterocycles. The Kier molecular flexibility index (Phi) is 4.64. The lowest BCUT2D eigenvalue weighted by molar-refractivity contribution is 0.208. The van der Waals surface area contributed by atoms with E-state index in [0.29, 0.717) is 11.7 Å². The molecule has 1 rings (SSSR count). The quantitative estimate of drug-likeness (QED) is 0.516. The molecular formula is C9H16N4OS. The topological polar surface area (TPSA) is 70.1 Å². The van der Waals surface area contributed by atoms with Gasteiger partial charge in [-0.15, -0.1) is 0 Å². The molecule has 1 heterocycles. The van der Waals surface area contributed by atoms with Crippen LogP contribution in [0.3, 0.4) is 0 Å². The molecule has 1 unspecified atom stereocenters. The SMILES string of the molecule is CNc1cc(NCC(C)O)nc(SC)n1. The van der Waals surface area contributed by atoms with Crippen LogP contribution < -0.4 is 10.6 Å². The molecule has 15 heavy (non-hydrogen) atoms. The van der Waals surface area contributed by atoms with Gasteiger partial charge in [0.2, 0.25) is 0 Å². The molecule has 1 atom stereocenters. The Morgan fingerprint density at radius 1 is 1.47 bits per heavy atom. The van der Waals surface area contributed by atoms with Crippen molar-refractivity contribution in [1.29, 1.82) is 0 Å². The van der Waals surface area contributed by atoms with Crippen LogP contribution >= 0.6 is 11.8 Å². The maximum atomic E-state index is 9.14. The minimum absolute atomic E-state index is 0.393. The molecule has 0 aliphatic rings. The van der Waals surface area contributed by atoms with Crippen molar-refractivity contribution < 1.29 is 5.11 Å². The molecule has 0 spiro atoms. The summed E-state index contributed by atoms with van der Waals surface area (Å²) in [5.41, 5.74) is 0. The molecular weight excluding hydrogens is 212 g/mol. The second-order valence-electron chi connectivity index (χ2n) is 3.11. The Hall–Kier alpha value is -1.01. The van der Waals surface area contributed by atoms with E-state index in [0.717, 1.165) is 11.6 Å². The summed E-state index contributed by atoms with van der Waals surface area (Å²) in [4.78, 5) is 8.50. The Morgan fingerprint density at radius 2 is 2.13 bits per heavy atom. The second kappa shape index (κ2) is 5.77. The molecule has 0 aliphatic carbocycles. The van der Waals surface area contributed by atoms with Gasteiger partial charge in [0.05, 0.1) is 6.10 Å². The van der Waals surface area contributed by atoms with Crippen molar-refractivity contribution in [3.05, 3.63) is 6.07 Å². The number of hydrogen-bond donors (Lipinski definition) is 3. The number of aliphatic hydroxyl groups is 1. The van der Waals surface area contributed by atoms with E-state index in [9.17, 15) is 0 Å². The average molecular weight is 228 g/mol. The number of anilines is 2. The molecule has 0 bridgehead atoms. The number of aliphatic hydroxyl groups excluding tert-OH is 1. The van der Waals surface area contributed by atoms with Crippen LogP contribution in [0, 0.1) is 0 Å². The Labute approximate surface area is 93.7 Å². The van der Waals surface area contributed by atoms with Gasteiger partial charge < -0.3 is 15.7 Å². The smallest absolute Gasteiger partial charge is 0.191 e. The summed E-state index contributed by atoms with van der Waals surface area (Å²) < 4.78 is 0. The molecule has 0 saturated heterocycles. The van der Waals surface area contributed by atoms with Gasteiger partial charge in [-0.05, 0) is 13.2 Å². The monoisotopic (exact) mass is 228 g/mol. The number of aromatic nitrogens is 2. The van der Waals surface area contributed by atoms with Gasteiger partial charge >= 0.3 is 0 Å². The van der Waals surface area contributed by atoms with E-state index in [1.54, 1.807) is 6.92 Å². The molecule has 0 aromatic carbocycles. The van der Waals surface area contributed by atoms with E-state index in [4.69, 9.17) is 5.11 Å². The number of rotatable bonds is 5. The minimum atomic E-state index is -0.393. The van der Waals surface area contributed by atoms with Gasteiger partial charge in [0.25, 0.3) is 0 Å². The van der Waals surface area contributed by atoms with E-state index < -0.39 is 6.10 Å². The fourth-order valence-corrected chi connectivity index (χ4v) is 1.37. The summed E-state index contributed by atoms with van der Waals surface area (Å²) in [6, 6.07) is 1.81. The zero-order valence-electron chi connectivity index (χ0n) is 9.11. The van der Waals surface area contributed by atoms with Crippen molar-refractivity contribution in [2.45, 2.75) is 18.2 Å². The molecule has 0 aliphatic heterocycles. The highest BCUT2D eigenvalue weighted by Crippen LogP contribution is 2.16. The van der Waals surface area contributed by atoms with Gasteiger partial charge in [0.1, 0.15) is 11.6 Å². The lowest BCUT2D eigenvalue weighted by Crippen LogP contribution is -2.16. The first-order chi connectivity index (χ1) is 7.15. The lowest BCUT2D eigenvalue weighted by Gasteiger charge is -2.09. The molecule has 0 fully saturated rings. The summed E-state index contributed by atoms with van der Waals surface area (Å²) in [7, 11) is 1.81. The first-order valence-electron chi connectivity index (χ1n) is 4.68. The highest BCUT2D eigenvalue weighted by Gasteiger charge is 2.03. The fraction of sp³-hybridized carbons (Fsp3) is 0.556. The maximum Gasteiger partial charge on any atom is 0.191 e. The molecule has 84 valence electrons. The normalized spacial score (nSPS) is 12.3.